The van der Waals surface area contributed by atoms with Gasteiger partial charge in [0.05, 0.1) is 6.42 Å². The van der Waals surface area contributed by atoms with Gasteiger partial charge in [0.2, 0.25) is 5.91 Å². The standard InChI is InChI=1S/C17H27NO.2C2H6/c1-5-8-15(9-6-2)12-16(19)18-17(4)11-7-10-14(3)13-17;2*1-2/h5,7-10,14H,6,11-13H2,1-4H3,(H,18,19);2*1-2H3/b8-5-,15-9+;;. The fourth-order valence-corrected chi connectivity index (χ4v) is 2.77. The molecule has 0 saturated carbocycles. The lowest BCUT2D eigenvalue weighted by Gasteiger charge is -2.34. The van der Waals surface area contributed by atoms with Crippen LogP contribution in [0.3, 0.4) is 0 Å². The van der Waals surface area contributed by atoms with Gasteiger partial charge in [-0.05, 0) is 44.6 Å². The number of nitrogens with one attached hydrogen (secondary N) is 1. The van der Waals surface area contributed by atoms with Crippen LogP contribution in [-0.2, 0) is 4.79 Å². The fraction of sp³-hybridized carbons (Fsp3) is 0.667. The Balaban J connectivity index is 0. The van der Waals surface area contributed by atoms with E-state index in [0.29, 0.717) is 12.3 Å². The second kappa shape index (κ2) is 14.3. The number of hydrogen-bond acceptors (Lipinski definition) is 1. The van der Waals surface area contributed by atoms with Gasteiger partial charge in [0.1, 0.15) is 0 Å². The summed E-state index contributed by atoms with van der Waals surface area (Å²) in [7, 11) is 0. The molecule has 2 heteroatoms. The highest BCUT2D eigenvalue weighted by atomic mass is 16.1. The van der Waals surface area contributed by atoms with Gasteiger partial charge in [-0.15, -0.1) is 0 Å². The van der Waals surface area contributed by atoms with Crippen LogP contribution in [0.5, 0.6) is 0 Å². The molecule has 1 rings (SSSR count). The van der Waals surface area contributed by atoms with Crippen LogP contribution in [0.2, 0.25) is 0 Å². The van der Waals surface area contributed by atoms with E-state index in [2.05, 4.69) is 44.3 Å². The maximum Gasteiger partial charge on any atom is 0.224 e. The molecule has 2 unspecified atom stereocenters. The van der Waals surface area contributed by atoms with Crippen LogP contribution in [0.4, 0.5) is 0 Å². The van der Waals surface area contributed by atoms with Gasteiger partial charge in [0, 0.05) is 5.54 Å². The van der Waals surface area contributed by atoms with Crippen molar-refractivity contribution in [3.05, 3.63) is 36.0 Å². The van der Waals surface area contributed by atoms with Crippen LogP contribution < -0.4 is 5.32 Å². The van der Waals surface area contributed by atoms with E-state index in [1.807, 2.05) is 46.8 Å². The Morgan fingerprint density at radius 3 is 2.39 bits per heavy atom. The zero-order valence-electron chi connectivity index (χ0n) is 16.7. The van der Waals surface area contributed by atoms with E-state index in [-0.39, 0.29) is 11.4 Å². The molecule has 2 atom stereocenters. The first-order chi connectivity index (χ1) is 11.0. The van der Waals surface area contributed by atoms with Crippen LogP contribution in [0.25, 0.3) is 0 Å². The lowest BCUT2D eigenvalue weighted by molar-refractivity contribution is -0.122. The monoisotopic (exact) mass is 321 g/mol. The first kappa shape index (κ1) is 23.9. The molecule has 1 aliphatic rings. The maximum atomic E-state index is 12.2. The molecular formula is C21H39NO. The molecule has 134 valence electrons. The van der Waals surface area contributed by atoms with Crippen molar-refractivity contribution in [2.45, 2.75) is 86.6 Å². The van der Waals surface area contributed by atoms with Crippen molar-refractivity contribution in [2.75, 3.05) is 0 Å². The first-order valence-corrected chi connectivity index (χ1v) is 9.28. The van der Waals surface area contributed by atoms with Crippen molar-refractivity contribution < 1.29 is 4.79 Å². The van der Waals surface area contributed by atoms with Gasteiger partial charge < -0.3 is 5.32 Å². The number of allylic oxidation sites excluding steroid dienone is 4. The lowest BCUT2D eigenvalue weighted by atomic mass is 9.82. The molecule has 0 aromatic heterocycles. The molecule has 0 aliphatic heterocycles. The summed E-state index contributed by atoms with van der Waals surface area (Å²) in [6.07, 6.45) is 13.9. The normalized spacial score (nSPS) is 23.5. The Bertz CT molecular complexity index is 393. The minimum Gasteiger partial charge on any atom is -0.350 e. The molecule has 0 saturated heterocycles. The van der Waals surface area contributed by atoms with E-state index in [1.54, 1.807) is 0 Å². The molecule has 2 nitrogen and oxygen atoms in total. The molecule has 0 fully saturated rings. The molecule has 0 aromatic carbocycles. The van der Waals surface area contributed by atoms with Crippen molar-refractivity contribution >= 4 is 5.91 Å². The molecule has 23 heavy (non-hydrogen) atoms. The zero-order valence-corrected chi connectivity index (χ0v) is 16.7. The van der Waals surface area contributed by atoms with E-state index >= 15 is 0 Å². The molecular weight excluding hydrogens is 282 g/mol. The number of hydrogen-bond donors (Lipinski definition) is 1. The van der Waals surface area contributed by atoms with E-state index in [9.17, 15) is 4.79 Å². The van der Waals surface area contributed by atoms with E-state index < -0.39 is 0 Å². The second-order valence-electron chi connectivity index (χ2n) is 5.79. The Hall–Kier alpha value is -1.31. The summed E-state index contributed by atoms with van der Waals surface area (Å²) in [5, 5.41) is 3.21. The molecule has 0 spiro atoms. The van der Waals surface area contributed by atoms with Crippen LogP contribution >= 0.6 is 0 Å². The summed E-state index contributed by atoms with van der Waals surface area (Å²) in [6.45, 7) is 16.4. The molecule has 1 aliphatic carbocycles. The van der Waals surface area contributed by atoms with Crippen molar-refractivity contribution in [3.8, 4) is 0 Å². The third-order valence-corrected chi connectivity index (χ3v) is 3.46. The van der Waals surface area contributed by atoms with Crippen LogP contribution in [-0.4, -0.2) is 11.4 Å². The Morgan fingerprint density at radius 1 is 1.30 bits per heavy atom. The molecule has 0 bridgehead atoms. The Morgan fingerprint density at radius 2 is 1.91 bits per heavy atom. The minimum atomic E-state index is -0.0848. The van der Waals surface area contributed by atoms with Gasteiger partial charge in [-0.2, -0.15) is 0 Å². The average Bonchev–Trinajstić information content (AvgIpc) is 2.51. The molecule has 0 radical (unpaired) electrons. The quantitative estimate of drug-likeness (QED) is 0.474. The Labute approximate surface area is 145 Å². The molecule has 0 heterocycles. The molecule has 1 N–H and O–H groups in total. The molecule has 0 aromatic rings. The maximum absolute atomic E-state index is 12.2. The van der Waals surface area contributed by atoms with Crippen molar-refractivity contribution in [3.63, 3.8) is 0 Å². The van der Waals surface area contributed by atoms with Gasteiger partial charge in [0.25, 0.3) is 0 Å². The van der Waals surface area contributed by atoms with E-state index in [0.717, 1.165) is 24.8 Å². The van der Waals surface area contributed by atoms with Crippen molar-refractivity contribution in [2.24, 2.45) is 5.92 Å². The predicted octanol–water partition coefficient (Wildman–Crippen LogP) is 6.20. The predicted molar refractivity (Wildman–Crippen MR) is 105 cm³/mol. The highest BCUT2D eigenvalue weighted by molar-refractivity contribution is 5.80. The summed E-state index contributed by atoms with van der Waals surface area (Å²) in [6, 6.07) is 0. The minimum absolute atomic E-state index is 0.0848. The summed E-state index contributed by atoms with van der Waals surface area (Å²) in [5.74, 6) is 0.669. The number of rotatable bonds is 5. The van der Waals surface area contributed by atoms with Crippen molar-refractivity contribution in [1.82, 2.24) is 5.32 Å². The fourth-order valence-electron chi connectivity index (χ4n) is 2.77. The van der Waals surface area contributed by atoms with Crippen molar-refractivity contribution in [1.29, 1.82) is 0 Å². The van der Waals surface area contributed by atoms with Gasteiger partial charge in [0.15, 0.2) is 0 Å². The van der Waals surface area contributed by atoms with Crippen LogP contribution in [0.1, 0.15) is 81.1 Å². The smallest absolute Gasteiger partial charge is 0.224 e. The third-order valence-electron chi connectivity index (χ3n) is 3.46. The second-order valence-corrected chi connectivity index (χ2v) is 5.79. The summed E-state index contributed by atoms with van der Waals surface area (Å²) < 4.78 is 0. The number of carbonyl (C=O) groups excluding carboxylic acids is 1. The van der Waals surface area contributed by atoms with Crippen LogP contribution in [0.15, 0.2) is 36.0 Å². The average molecular weight is 322 g/mol. The van der Waals surface area contributed by atoms with Gasteiger partial charge in [-0.25, -0.2) is 0 Å². The van der Waals surface area contributed by atoms with E-state index in [4.69, 9.17) is 0 Å². The van der Waals surface area contributed by atoms with E-state index in [1.165, 1.54) is 0 Å². The highest BCUT2D eigenvalue weighted by Gasteiger charge is 2.29. The number of carbonyl (C=O) groups is 1. The zero-order chi connectivity index (χ0) is 18.3. The van der Waals surface area contributed by atoms with Gasteiger partial charge >= 0.3 is 0 Å². The Kier molecular flexibility index (Phi) is 14.9. The van der Waals surface area contributed by atoms with Crippen LogP contribution in [0, 0.1) is 5.92 Å². The summed E-state index contributed by atoms with van der Waals surface area (Å²) in [5.41, 5.74) is 1.02. The third kappa shape index (κ3) is 11.0. The van der Waals surface area contributed by atoms with Gasteiger partial charge in [-0.1, -0.05) is 71.9 Å². The summed E-state index contributed by atoms with van der Waals surface area (Å²) >= 11 is 0. The SMILES string of the molecule is C/C=C\C(=C/CC)CC(=O)NC1(C)CC=CC(C)C1.CC.CC. The largest absolute Gasteiger partial charge is 0.350 e. The first-order valence-electron chi connectivity index (χ1n) is 9.28. The lowest BCUT2D eigenvalue weighted by Crippen LogP contribution is -2.47. The topological polar surface area (TPSA) is 29.1 Å². The highest BCUT2D eigenvalue weighted by Crippen LogP contribution is 2.27. The van der Waals surface area contributed by atoms with Gasteiger partial charge in [-0.3, -0.25) is 4.79 Å². The summed E-state index contributed by atoms with van der Waals surface area (Å²) in [4.78, 5) is 12.2. The molecule has 1 amide bonds. The number of amides is 1.